The van der Waals surface area contributed by atoms with Gasteiger partial charge in [0, 0.05) is 6.20 Å². The monoisotopic (exact) mass is 391 g/mol. The molecule has 9 heteroatoms. The molecule has 0 N–H and O–H groups in total. The molecule has 28 heavy (non-hydrogen) atoms. The highest BCUT2D eigenvalue weighted by molar-refractivity contribution is 6.16. The lowest BCUT2D eigenvalue weighted by Gasteiger charge is -2.38. The van der Waals surface area contributed by atoms with Crippen LogP contribution in [0.4, 0.5) is 0 Å². The Balaban J connectivity index is 2.96. The van der Waals surface area contributed by atoms with Gasteiger partial charge in [0.1, 0.15) is 11.3 Å². The number of fused-ring (bicyclic) bond motifs is 1. The number of carbonyl (C=O) groups excluding carboxylic acids is 4. The molecule has 0 saturated heterocycles. The SMILES string of the molecule is CCC1=CC2C(C(=O)OC)=C(C(=O)OC)C(C(=O)OC)=C(C(=O)OC)N2C=C1. The maximum atomic E-state index is 12.6. The zero-order valence-corrected chi connectivity index (χ0v) is 16.2. The fourth-order valence-corrected chi connectivity index (χ4v) is 3.06. The second kappa shape index (κ2) is 8.55. The van der Waals surface area contributed by atoms with Crippen LogP contribution in [0.25, 0.3) is 0 Å². The molecule has 150 valence electrons. The Bertz CT molecular complexity index is 846. The lowest BCUT2D eigenvalue weighted by molar-refractivity contribution is -0.143. The van der Waals surface area contributed by atoms with Crippen molar-refractivity contribution in [3.8, 4) is 0 Å². The van der Waals surface area contributed by atoms with Gasteiger partial charge in [-0.1, -0.05) is 13.0 Å². The van der Waals surface area contributed by atoms with Gasteiger partial charge in [-0.2, -0.15) is 0 Å². The van der Waals surface area contributed by atoms with Gasteiger partial charge in [0.2, 0.25) is 0 Å². The molecule has 0 fully saturated rings. The van der Waals surface area contributed by atoms with Crippen molar-refractivity contribution < 1.29 is 38.1 Å². The molecule has 2 heterocycles. The van der Waals surface area contributed by atoms with E-state index in [2.05, 4.69) is 0 Å². The average molecular weight is 391 g/mol. The number of rotatable bonds is 5. The van der Waals surface area contributed by atoms with Crippen molar-refractivity contribution in [3.63, 3.8) is 0 Å². The van der Waals surface area contributed by atoms with E-state index in [1.54, 1.807) is 12.2 Å². The molecule has 9 nitrogen and oxygen atoms in total. The van der Waals surface area contributed by atoms with E-state index in [9.17, 15) is 19.2 Å². The molecule has 2 aliphatic heterocycles. The number of esters is 4. The molecule has 0 bridgehead atoms. The summed E-state index contributed by atoms with van der Waals surface area (Å²) >= 11 is 0. The largest absolute Gasteiger partial charge is 0.466 e. The first-order valence-electron chi connectivity index (χ1n) is 8.35. The van der Waals surface area contributed by atoms with Crippen molar-refractivity contribution >= 4 is 23.9 Å². The predicted octanol–water partition coefficient (Wildman–Crippen LogP) is 0.777. The average Bonchev–Trinajstić information content (AvgIpc) is 2.74. The van der Waals surface area contributed by atoms with Gasteiger partial charge in [-0.15, -0.1) is 0 Å². The van der Waals surface area contributed by atoms with Crippen molar-refractivity contribution in [2.45, 2.75) is 19.4 Å². The summed E-state index contributed by atoms with van der Waals surface area (Å²) in [5.74, 6) is -3.71. The minimum atomic E-state index is -1.00. The normalized spacial score (nSPS) is 18.2. The molecule has 1 atom stereocenters. The molecular weight excluding hydrogens is 370 g/mol. The Morgan fingerprint density at radius 3 is 1.89 bits per heavy atom. The minimum absolute atomic E-state index is 0.141. The first-order valence-corrected chi connectivity index (χ1v) is 8.35. The number of hydrogen-bond donors (Lipinski definition) is 0. The van der Waals surface area contributed by atoms with Crippen molar-refractivity contribution in [1.29, 1.82) is 0 Å². The van der Waals surface area contributed by atoms with Crippen molar-refractivity contribution in [3.05, 3.63) is 46.3 Å². The van der Waals surface area contributed by atoms with Crippen LogP contribution in [0.2, 0.25) is 0 Å². The van der Waals surface area contributed by atoms with E-state index in [-0.39, 0.29) is 11.3 Å². The summed E-state index contributed by atoms with van der Waals surface area (Å²) < 4.78 is 19.2. The van der Waals surface area contributed by atoms with Crippen LogP contribution in [0, 0.1) is 0 Å². The first kappa shape index (κ1) is 20.9. The van der Waals surface area contributed by atoms with Gasteiger partial charge in [0.25, 0.3) is 0 Å². The Hall–Kier alpha value is -3.36. The van der Waals surface area contributed by atoms with Crippen LogP contribution in [0.1, 0.15) is 13.3 Å². The Morgan fingerprint density at radius 1 is 0.857 bits per heavy atom. The molecule has 0 spiro atoms. The summed E-state index contributed by atoms with van der Waals surface area (Å²) in [4.78, 5) is 51.6. The van der Waals surface area contributed by atoms with Crippen LogP contribution in [-0.4, -0.2) is 63.3 Å². The summed E-state index contributed by atoms with van der Waals surface area (Å²) in [6.45, 7) is 1.91. The van der Waals surface area contributed by atoms with Crippen LogP contribution < -0.4 is 0 Å². The van der Waals surface area contributed by atoms with Crippen LogP contribution in [0.3, 0.4) is 0 Å². The number of nitrogens with zero attached hydrogens (tertiary/aromatic N) is 1. The molecule has 0 aromatic carbocycles. The van der Waals surface area contributed by atoms with Gasteiger partial charge < -0.3 is 23.8 Å². The standard InChI is InChI=1S/C19H21NO8/c1-6-10-7-8-20-11(9-10)12(16(21)25-2)13(17(22)26-3)14(18(23)27-4)15(20)19(24)28-5/h7-9,11H,6H2,1-5H3. The highest BCUT2D eigenvalue weighted by Gasteiger charge is 2.46. The summed E-state index contributed by atoms with van der Waals surface area (Å²) in [5, 5.41) is 0. The summed E-state index contributed by atoms with van der Waals surface area (Å²) in [6.07, 6.45) is 5.61. The van der Waals surface area contributed by atoms with Gasteiger partial charge >= 0.3 is 23.9 Å². The van der Waals surface area contributed by atoms with Crippen LogP contribution >= 0.6 is 0 Å². The molecule has 2 rings (SSSR count). The van der Waals surface area contributed by atoms with E-state index in [0.717, 1.165) is 34.0 Å². The molecule has 0 aromatic heterocycles. The van der Waals surface area contributed by atoms with Crippen molar-refractivity contribution in [2.24, 2.45) is 0 Å². The third-order valence-corrected chi connectivity index (χ3v) is 4.40. The fraction of sp³-hybridized carbons (Fsp3) is 0.368. The molecule has 1 unspecified atom stereocenters. The van der Waals surface area contributed by atoms with Crippen molar-refractivity contribution in [2.75, 3.05) is 28.4 Å². The number of ether oxygens (including phenoxy) is 4. The zero-order chi connectivity index (χ0) is 21.0. The lowest BCUT2D eigenvalue weighted by Crippen LogP contribution is -2.45. The quantitative estimate of drug-likeness (QED) is 0.496. The highest BCUT2D eigenvalue weighted by atomic mass is 16.5. The number of hydrogen-bond acceptors (Lipinski definition) is 9. The van der Waals surface area contributed by atoms with Gasteiger partial charge in [-0.05, 0) is 18.1 Å². The van der Waals surface area contributed by atoms with E-state index in [1.807, 2.05) is 6.92 Å². The molecule has 0 aromatic rings. The van der Waals surface area contributed by atoms with Crippen LogP contribution in [-0.2, 0) is 38.1 Å². The third kappa shape index (κ3) is 3.42. The maximum Gasteiger partial charge on any atom is 0.355 e. The molecule has 0 aliphatic carbocycles. The van der Waals surface area contributed by atoms with E-state index in [4.69, 9.17) is 18.9 Å². The van der Waals surface area contributed by atoms with Crippen LogP contribution in [0.5, 0.6) is 0 Å². The van der Waals surface area contributed by atoms with E-state index in [0.29, 0.717) is 6.42 Å². The Kier molecular flexibility index (Phi) is 6.40. The van der Waals surface area contributed by atoms with Gasteiger partial charge in [-0.25, -0.2) is 19.2 Å². The molecule has 0 saturated carbocycles. The number of carbonyl (C=O) groups is 4. The number of allylic oxidation sites excluding steroid dienone is 2. The van der Waals surface area contributed by atoms with E-state index < -0.39 is 41.1 Å². The second-order valence-electron chi connectivity index (χ2n) is 5.74. The zero-order valence-electron chi connectivity index (χ0n) is 16.2. The summed E-state index contributed by atoms with van der Waals surface area (Å²) in [5.41, 5.74) is -0.355. The van der Waals surface area contributed by atoms with Gasteiger partial charge in [0.15, 0.2) is 0 Å². The molecule has 2 aliphatic rings. The lowest BCUT2D eigenvalue weighted by atomic mass is 9.85. The predicted molar refractivity (Wildman–Crippen MR) is 95.3 cm³/mol. The van der Waals surface area contributed by atoms with Crippen molar-refractivity contribution in [1.82, 2.24) is 4.90 Å². The maximum absolute atomic E-state index is 12.6. The number of methoxy groups -OCH3 is 4. The van der Waals surface area contributed by atoms with Gasteiger partial charge in [0.05, 0.1) is 45.6 Å². The minimum Gasteiger partial charge on any atom is -0.466 e. The summed E-state index contributed by atoms with van der Waals surface area (Å²) in [7, 11) is 4.47. The molecular formula is C19H21NO8. The van der Waals surface area contributed by atoms with E-state index >= 15 is 0 Å². The molecule has 0 radical (unpaired) electrons. The first-order chi connectivity index (χ1) is 13.4. The third-order valence-electron chi connectivity index (χ3n) is 4.40. The van der Waals surface area contributed by atoms with Crippen LogP contribution in [0.15, 0.2) is 46.3 Å². The fourth-order valence-electron chi connectivity index (χ4n) is 3.06. The Labute approximate surface area is 161 Å². The second-order valence-corrected chi connectivity index (χ2v) is 5.74. The Morgan fingerprint density at radius 2 is 1.39 bits per heavy atom. The highest BCUT2D eigenvalue weighted by Crippen LogP contribution is 2.38. The summed E-state index contributed by atoms with van der Waals surface area (Å²) in [6, 6.07) is -0.871. The van der Waals surface area contributed by atoms with Gasteiger partial charge in [-0.3, -0.25) is 0 Å². The molecule has 0 amide bonds. The smallest absolute Gasteiger partial charge is 0.355 e. The van der Waals surface area contributed by atoms with E-state index in [1.165, 1.54) is 11.1 Å². The topological polar surface area (TPSA) is 108 Å².